The molecule has 0 aliphatic carbocycles. The van der Waals surface area contributed by atoms with Gasteiger partial charge in [-0.25, -0.2) is 0 Å². The van der Waals surface area contributed by atoms with Gasteiger partial charge in [0.15, 0.2) is 17.2 Å². The van der Waals surface area contributed by atoms with Crippen LogP contribution in [-0.4, -0.2) is 30.3 Å². The van der Waals surface area contributed by atoms with Crippen molar-refractivity contribution in [1.82, 2.24) is 10.2 Å². The van der Waals surface area contributed by atoms with Crippen molar-refractivity contribution in [3.63, 3.8) is 0 Å². The zero-order valence-corrected chi connectivity index (χ0v) is 15.5. The van der Waals surface area contributed by atoms with E-state index in [4.69, 9.17) is 14.7 Å². The minimum Gasteiger partial charge on any atom is -0.493 e. The molecule has 4 rings (SSSR count). The van der Waals surface area contributed by atoms with Crippen LogP contribution in [0, 0.1) is 11.3 Å². The smallest absolute Gasteiger partial charge is 0.227 e. The highest BCUT2D eigenvalue weighted by atomic mass is 16.5. The third-order valence-electron chi connectivity index (χ3n) is 4.83. The molecule has 0 unspecified atom stereocenters. The maximum Gasteiger partial charge on any atom is 0.227 e. The van der Waals surface area contributed by atoms with Gasteiger partial charge in [-0.1, -0.05) is 6.07 Å². The minimum absolute atomic E-state index is 0.124. The molecule has 140 valence electrons. The Morgan fingerprint density at radius 1 is 1.14 bits per heavy atom. The molecule has 1 N–H and O–H groups in total. The van der Waals surface area contributed by atoms with Gasteiger partial charge in [-0.15, -0.1) is 0 Å². The van der Waals surface area contributed by atoms with E-state index in [0.717, 1.165) is 22.5 Å². The summed E-state index contributed by atoms with van der Waals surface area (Å²) in [6, 6.07) is 13.0. The number of ether oxygens (including phenoxy) is 2. The lowest BCUT2D eigenvalue weighted by Gasteiger charge is -2.26. The van der Waals surface area contributed by atoms with Crippen LogP contribution in [0.5, 0.6) is 17.2 Å². The number of H-pyrrole nitrogens is 1. The number of carbonyl (C=O) groups excluding carboxylic acids is 1. The number of rotatable bonds is 4. The number of aromatic nitrogens is 2. The molecule has 1 aliphatic rings. The van der Waals surface area contributed by atoms with Crippen LogP contribution in [0.2, 0.25) is 0 Å². The molecule has 7 nitrogen and oxygen atoms in total. The van der Waals surface area contributed by atoms with Crippen LogP contribution in [0.1, 0.15) is 17.5 Å². The van der Waals surface area contributed by atoms with Crippen LogP contribution in [0.15, 0.2) is 42.6 Å². The second-order valence-electron chi connectivity index (χ2n) is 6.49. The van der Waals surface area contributed by atoms with Crippen molar-refractivity contribution in [3.05, 3.63) is 53.7 Å². The molecule has 0 spiro atoms. The normalized spacial score (nSPS) is 13.0. The predicted molar refractivity (Wildman–Crippen MR) is 104 cm³/mol. The van der Waals surface area contributed by atoms with Crippen LogP contribution in [0.25, 0.3) is 11.3 Å². The third kappa shape index (κ3) is 3.05. The van der Waals surface area contributed by atoms with Crippen molar-refractivity contribution in [3.8, 4) is 34.6 Å². The maximum atomic E-state index is 11.9. The lowest BCUT2D eigenvalue weighted by atomic mass is 9.98. The number of methoxy groups -OCH3 is 1. The van der Waals surface area contributed by atoms with Gasteiger partial charge in [0.25, 0.3) is 0 Å². The first-order valence-electron chi connectivity index (χ1n) is 8.80. The summed E-state index contributed by atoms with van der Waals surface area (Å²) in [4.78, 5) is 13.6. The Morgan fingerprint density at radius 2 is 2.00 bits per heavy atom. The summed E-state index contributed by atoms with van der Waals surface area (Å²) in [7, 11) is 3.32. The van der Waals surface area contributed by atoms with Gasteiger partial charge in [-0.05, 0) is 36.2 Å². The highest BCUT2D eigenvalue weighted by Gasteiger charge is 2.22. The molecule has 28 heavy (non-hydrogen) atoms. The first-order chi connectivity index (χ1) is 13.6. The van der Waals surface area contributed by atoms with Crippen molar-refractivity contribution in [2.24, 2.45) is 0 Å². The number of aromatic amines is 1. The topological polar surface area (TPSA) is 91.2 Å². The molecule has 2 aromatic carbocycles. The van der Waals surface area contributed by atoms with Gasteiger partial charge in [-0.3, -0.25) is 9.89 Å². The number of hydrogen-bond acceptors (Lipinski definition) is 5. The highest BCUT2D eigenvalue weighted by Crippen LogP contribution is 2.38. The molecular weight excluding hydrogens is 356 g/mol. The Bertz CT molecular complexity index is 1100. The second kappa shape index (κ2) is 7.08. The number of amides is 1. The maximum absolute atomic E-state index is 11.9. The fraction of sp³-hybridized carbons (Fsp3) is 0.190. The quantitative estimate of drug-likeness (QED) is 0.752. The van der Waals surface area contributed by atoms with Gasteiger partial charge in [0.05, 0.1) is 24.9 Å². The number of carbonyl (C=O) groups is 1. The monoisotopic (exact) mass is 374 g/mol. The summed E-state index contributed by atoms with van der Waals surface area (Å²) in [6.07, 6.45) is 2.81. The largest absolute Gasteiger partial charge is 0.493 e. The molecule has 2 heterocycles. The van der Waals surface area contributed by atoms with E-state index in [1.165, 1.54) is 7.11 Å². The van der Waals surface area contributed by atoms with Gasteiger partial charge in [0.1, 0.15) is 5.69 Å². The molecule has 1 aromatic heterocycles. The summed E-state index contributed by atoms with van der Waals surface area (Å²) in [6.45, 7) is 0. The van der Waals surface area contributed by atoms with E-state index in [-0.39, 0.29) is 5.91 Å². The minimum atomic E-state index is 0.124. The fourth-order valence-electron chi connectivity index (χ4n) is 3.31. The molecule has 0 saturated carbocycles. The average molecular weight is 374 g/mol. The molecule has 3 aromatic rings. The van der Waals surface area contributed by atoms with Gasteiger partial charge in [0.2, 0.25) is 5.91 Å². The Kier molecular flexibility index (Phi) is 4.45. The summed E-state index contributed by atoms with van der Waals surface area (Å²) in [5.41, 5.74) is 4.17. The van der Waals surface area contributed by atoms with Gasteiger partial charge < -0.3 is 14.4 Å². The molecule has 0 bridgehead atoms. The number of anilines is 1. The number of nitriles is 1. The number of benzene rings is 2. The molecule has 0 fully saturated rings. The second-order valence-corrected chi connectivity index (χ2v) is 6.49. The lowest BCUT2D eigenvalue weighted by Crippen LogP contribution is -2.30. The van der Waals surface area contributed by atoms with Crippen molar-refractivity contribution >= 4 is 11.6 Å². The molecule has 0 atom stereocenters. The van der Waals surface area contributed by atoms with Crippen molar-refractivity contribution < 1.29 is 14.3 Å². The number of nitrogens with zero attached hydrogens (tertiary/aromatic N) is 3. The van der Waals surface area contributed by atoms with E-state index in [9.17, 15) is 4.79 Å². The van der Waals surface area contributed by atoms with Crippen LogP contribution >= 0.6 is 0 Å². The first kappa shape index (κ1) is 17.6. The summed E-state index contributed by atoms with van der Waals surface area (Å²) in [5.74, 6) is 1.63. The number of hydrogen-bond donors (Lipinski definition) is 1. The Labute approximate surface area is 162 Å². The van der Waals surface area contributed by atoms with E-state index >= 15 is 0 Å². The highest BCUT2D eigenvalue weighted by molar-refractivity contribution is 5.96. The Morgan fingerprint density at radius 3 is 2.79 bits per heavy atom. The third-order valence-corrected chi connectivity index (χ3v) is 4.83. The standard InChI is InChI=1S/C21H18N4O3/c1-25-16-6-4-15(10-14(16)5-8-20(25)26)21-19(12-23-24-21)28-17-7-3-13(11-22)9-18(17)27-2/h3-4,6-7,9-10,12H,5,8H2,1-2H3,(H,23,24). The SMILES string of the molecule is COc1cc(C#N)ccc1Oc1cn[nH]c1-c1ccc2c(c1)CCC(=O)N2C. The molecule has 0 saturated heterocycles. The molecule has 1 amide bonds. The van der Waals surface area contributed by atoms with E-state index in [0.29, 0.717) is 35.7 Å². The molecule has 0 radical (unpaired) electrons. The van der Waals surface area contributed by atoms with E-state index in [2.05, 4.69) is 22.3 Å². The zero-order chi connectivity index (χ0) is 19.7. The first-order valence-corrected chi connectivity index (χ1v) is 8.80. The molecule has 1 aliphatic heterocycles. The van der Waals surface area contributed by atoms with Crippen molar-refractivity contribution in [2.75, 3.05) is 19.1 Å². The van der Waals surface area contributed by atoms with Crippen LogP contribution in [0.3, 0.4) is 0 Å². The number of nitrogens with one attached hydrogen (secondary N) is 1. The molecular formula is C21H18N4O3. The summed E-state index contributed by atoms with van der Waals surface area (Å²) < 4.78 is 11.3. The van der Waals surface area contributed by atoms with E-state index < -0.39 is 0 Å². The number of fused-ring (bicyclic) bond motifs is 1. The number of aryl methyl sites for hydroxylation is 1. The van der Waals surface area contributed by atoms with Crippen LogP contribution < -0.4 is 14.4 Å². The Hall–Kier alpha value is -3.79. The van der Waals surface area contributed by atoms with Crippen LogP contribution in [-0.2, 0) is 11.2 Å². The lowest BCUT2D eigenvalue weighted by molar-refractivity contribution is -0.118. The van der Waals surface area contributed by atoms with Crippen molar-refractivity contribution in [1.29, 1.82) is 5.26 Å². The van der Waals surface area contributed by atoms with E-state index in [1.807, 2.05) is 12.1 Å². The van der Waals surface area contributed by atoms with Gasteiger partial charge in [0, 0.05) is 30.8 Å². The van der Waals surface area contributed by atoms with Gasteiger partial charge >= 0.3 is 0 Å². The van der Waals surface area contributed by atoms with Crippen LogP contribution in [0.4, 0.5) is 5.69 Å². The average Bonchev–Trinajstić information content (AvgIpc) is 3.19. The molecule has 7 heteroatoms. The van der Waals surface area contributed by atoms with Crippen molar-refractivity contribution in [2.45, 2.75) is 12.8 Å². The van der Waals surface area contributed by atoms with E-state index in [1.54, 1.807) is 36.3 Å². The fourth-order valence-corrected chi connectivity index (χ4v) is 3.31. The Balaban J connectivity index is 1.68. The van der Waals surface area contributed by atoms with Gasteiger partial charge in [-0.2, -0.15) is 10.4 Å². The predicted octanol–water partition coefficient (Wildman–Crippen LogP) is 3.66. The summed E-state index contributed by atoms with van der Waals surface area (Å²) in [5, 5.41) is 16.1. The zero-order valence-electron chi connectivity index (χ0n) is 15.5. The summed E-state index contributed by atoms with van der Waals surface area (Å²) >= 11 is 0.